The van der Waals surface area contributed by atoms with Crippen LogP contribution in [0.1, 0.15) is 5.56 Å². The molecule has 0 saturated carbocycles. The Morgan fingerprint density at radius 1 is 0.862 bits per heavy atom. The number of carbonyl (C=O) groups is 2. The van der Waals surface area contributed by atoms with E-state index in [1.54, 1.807) is 18.2 Å². The molecule has 0 spiro atoms. The molecule has 2 aromatic carbocycles. The zero-order valence-corrected chi connectivity index (χ0v) is 17.3. The van der Waals surface area contributed by atoms with Crippen molar-refractivity contribution in [2.45, 2.75) is 6.42 Å². The van der Waals surface area contributed by atoms with Gasteiger partial charge >= 0.3 is 5.97 Å². The second kappa shape index (κ2) is 10.4. The molecular formula is C20H22ClNO7. The van der Waals surface area contributed by atoms with Gasteiger partial charge in [-0.05, 0) is 17.7 Å². The van der Waals surface area contributed by atoms with Gasteiger partial charge in [0.1, 0.15) is 11.5 Å². The second-order valence-corrected chi connectivity index (χ2v) is 6.17. The van der Waals surface area contributed by atoms with Crippen molar-refractivity contribution >= 4 is 29.2 Å². The van der Waals surface area contributed by atoms with Crippen LogP contribution in [0.5, 0.6) is 23.0 Å². The van der Waals surface area contributed by atoms with Crippen molar-refractivity contribution < 1.29 is 33.3 Å². The first-order chi connectivity index (χ1) is 13.9. The van der Waals surface area contributed by atoms with E-state index >= 15 is 0 Å². The highest BCUT2D eigenvalue weighted by molar-refractivity contribution is 6.32. The first-order valence-electron chi connectivity index (χ1n) is 8.49. The molecule has 0 aliphatic carbocycles. The van der Waals surface area contributed by atoms with E-state index < -0.39 is 18.5 Å². The van der Waals surface area contributed by atoms with E-state index in [4.69, 9.17) is 35.3 Å². The quantitative estimate of drug-likeness (QED) is 0.619. The summed E-state index contributed by atoms with van der Waals surface area (Å²) in [7, 11) is 5.92. The summed E-state index contributed by atoms with van der Waals surface area (Å²) in [6.45, 7) is -0.458. The van der Waals surface area contributed by atoms with E-state index in [0.717, 1.165) is 0 Å². The maximum Gasteiger partial charge on any atom is 0.310 e. The fourth-order valence-corrected chi connectivity index (χ4v) is 2.73. The minimum atomic E-state index is -0.562. The lowest BCUT2D eigenvalue weighted by molar-refractivity contribution is -0.146. The molecule has 0 atom stereocenters. The van der Waals surface area contributed by atoms with Crippen LogP contribution in [-0.2, 0) is 20.7 Å². The molecule has 9 heteroatoms. The van der Waals surface area contributed by atoms with Crippen molar-refractivity contribution in [1.82, 2.24) is 0 Å². The van der Waals surface area contributed by atoms with E-state index in [0.29, 0.717) is 39.3 Å². The summed E-state index contributed by atoms with van der Waals surface area (Å²) in [5.41, 5.74) is 1.01. The largest absolute Gasteiger partial charge is 0.495 e. The molecule has 0 aromatic heterocycles. The molecule has 0 heterocycles. The number of methoxy groups -OCH3 is 4. The van der Waals surface area contributed by atoms with Crippen LogP contribution in [0, 0.1) is 0 Å². The number of esters is 1. The Balaban J connectivity index is 1.95. The average Bonchev–Trinajstić information content (AvgIpc) is 2.73. The van der Waals surface area contributed by atoms with Crippen molar-refractivity contribution in [1.29, 1.82) is 0 Å². The van der Waals surface area contributed by atoms with Crippen LogP contribution in [0.3, 0.4) is 0 Å². The van der Waals surface area contributed by atoms with Crippen molar-refractivity contribution in [2.75, 3.05) is 40.4 Å². The Hall–Kier alpha value is -3.13. The molecule has 1 amide bonds. The first kappa shape index (κ1) is 22.2. The zero-order chi connectivity index (χ0) is 21.4. The fraction of sp³-hybridized carbons (Fsp3) is 0.300. The summed E-state index contributed by atoms with van der Waals surface area (Å²) >= 11 is 6.03. The number of benzene rings is 2. The predicted molar refractivity (Wildman–Crippen MR) is 107 cm³/mol. The highest BCUT2D eigenvalue weighted by Gasteiger charge is 2.15. The van der Waals surface area contributed by atoms with Gasteiger partial charge in [-0.25, -0.2) is 0 Å². The third-order valence-electron chi connectivity index (χ3n) is 3.91. The van der Waals surface area contributed by atoms with Gasteiger partial charge in [-0.1, -0.05) is 17.7 Å². The maximum absolute atomic E-state index is 12.2. The molecule has 8 nitrogen and oxygen atoms in total. The van der Waals surface area contributed by atoms with Gasteiger partial charge in [0, 0.05) is 12.1 Å². The van der Waals surface area contributed by atoms with Crippen LogP contribution in [0.2, 0.25) is 5.02 Å². The SMILES string of the molecule is COc1cc(NC(=O)COC(=O)Cc2ccc(OC)c(OC)c2)c(OC)cc1Cl. The Morgan fingerprint density at radius 2 is 1.52 bits per heavy atom. The van der Waals surface area contributed by atoms with Crippen LogP contribution >= 0.6 is 11.6 Å². The molecule has 29 heavy (non-hydrogen) atoms. The third kappa shape index (κ3) is 5.92. The van der Waals surface area contributed by atoms with Gasteiger partial charge in [-0.2, -0.15) is 0 Å². The Morgan fingerprint density at radius 3 is 2.14 bits per heavy atom. The highest BCUT2D eigenvalue weighted by Crippen LogP contribution is 2.35. The molecule has 1 N–H and O–H groups in total. The smallest absolute Gasteiger partial charge is 0.310 e. The topological polar surface area (TPSA) is 92.3 Å². The van der Waals surface area contributed by atoms with Crippen molar-refractivity contribution in [3.63, 3.8) is 0 Å². The predicted octanol–water partition coefficient (Wildman–Crippen LogP) is 3.10. The Kier molecular flexibility index (Phi) is 7.97. The Bertz CT molecular complexity index is 885. The molecule has 0 saturated heterocycles. The van der Waals surface area contributed by atoms with Crippen molar-refractivity contribution in [2.24, 2.45) is 0 Å². The highest BCUT2D eigenvalue weighted by atomic mass is 35.5. The number of hydrogen-bond acceptors (Lipinski definition) is 7. The van der Waals surface area contributed by atoms with E-state index in [1.807, 2.05) is 0 Å². The molecule has 2 rings (SSSR count). The number of amides is 1. The van der Waals surface area contributed by atoms with Crippen LogP contribution in [0.15, 0.2) is 30.3 Å². The Labute approximate surface area is 173 Å². The van der Waals surface area contributed by atoms with Gasteiger partial charge in [0.05, 0.1) is 45.6 Å². The van der Waals surface area contributed by atoms with Gasteiger partial charge < -0.3 is 29.0 Å². The molecule has 0 aliphatic heterocycles. The monoisotopic (exact) mass is 423 g/mol. The number of carbonyl (C=O) groups excluding carboxylic acids is 2. The number of ether oxygens (including phenoxy) is 5. The minimum Gasteiger partial charge on any atom is -0.495 e. The summed E-state index contributed by atoms with van der Waals surface area (Å²) in [5.74, 6) is 0.672. The minimum absolute atomic E-state index is 0.0221. The fourth-order valence-electron chi connectivity index (χ4n) is 2.50. The average molecular weight is 424 g/mol. The van der Waals surface area contributed by atoms with Gasteiger partial charge in [0.2, 0.25) is 0 Å². The van der Waals surface area contributed by atoms with Gasteiger partial charge in [0.25, 0.3) is 5.91 Å². The van der Waals surface area contributed by atoms with Crippen molar-refractivity contribution in [3.05, 3.63) is 40.9 Å². The second-order valence-electron chi connectivity index (χ2n) is 5.76. The van der Waals surface area contributed by atoms with Crippen LogP contribution in [0.25, 0.3) is 0 Å². The summed E-state index contributed by atoms with van der Waals surface area (Å²) in [6.07, 6.45) is -0.0221. The van der Waals surface area contributed by atoms with E-state index in [2.05, 4.69) is 5.32 Å². The molecule has 156 valence electrons. The molecule has 0 radical (unpaired) electrons. The van der Waals surface area contributed by atoms with Crippen LogP contribution in [-0.4, -0.2) is 46.9 Å². The first-order valence-corrected chi connectivity index (χ1v) is 8.87. The van der Waals surface area contributed by atoms with Crippen LogP contribution < -0.4 is 24.3 Å². The molecule has 0 aliphatic rings. The maximum atomic E-state index is 12.2. The van der Waals surface area contributed by atoms with Crippen LogP contribution in [0.4, 0.5) is 5.69 Å². The molecule has 0 fully saturated rings. The lowest BCUT2D eigenvalue weighted by Crippen LogP contribution is -2.22. The normalized spacial score (nSPS) is 10.1. The van der Waals surface area contributed by atoms with Gasteiger partial charge in [0.15, 0.2) is 18.1 Å². The number of rotatable bonds is 9. The number of hydrogen-bond donors (Lipinski definition) is 1. The number of nitrogens with one attached hydrogen (secondary N) is 1. The lowest BCUT2D eigenvalue weighted by Gasteiger charge is -2.13. The molecular weight excluding hydrogens is 402 g/mol. The number of anilines is 1. The molecule has 2 aromatic rings. The summed E-state index contributed by atoms with van der Waals surface area (Å²) in [4.78, 5) is 24.2. The summed E-state index contributed by atoms with van der Waals surface area (Å²) in [5, 5.41) is 2.94. The molecule has 0 bridgehead atoms. The summed E-state index contributed by atoms with van der Waals surface area (Å²) in [6, 6.07) is 8.11. The summed E-state index contributed by atoms with van der Waals surface area (Å²) < 4.78 is 25.7. The van der Waals surface area contributed by atoms with Gasteiger partial charge in [-0.3, -0.25) is 9.59 Å². The van der Waals surface area contributed by atoms with Crippen molar-refractivity contribution in [3.8, 4) is 23.0 Å². The lowest BCUT2D eigenvalue weighted by atomic mass is 10.1. The standard InChI is InChI=1S/C20H22ClNO7/c1-25-15-6-5-12(7-18(15)28-4)8-20(24)29-11-19(23)22-14-10-16(26-2)13(21)9-17(14)27-3/h5-7,9-10H,8,11H2,1-4H3,(H,22,23). The van der Waals surface area contributed by atoms with E-state index in [9.17, 15) is 9.59 Å². The van der Waals surface area contributed by atoms with E-state index in [1.165, 1.54) is 40.6 Å². The molecule has 0 unspecified atom stereocenters. The van der Waals surface area contributed by atoms with Gasteiger partial charge in [-0.15, -0.1) is 0 Å². The number of halogens is 1. The van der Waals surface area contributed by atoms with E-state index in [-0.39, 0.29) is 6.42 Å². The third-order valence-corrected chi connectivity index (χ3v) is 4.20. The zero-order valence-electron chi connectivity index (χ0n) is 16.5.